The Kier molecular flexibility index (Phi) is 6.65. The molecule has 180 valence electrons. The Morgan fingerprint density at radius 2 is 1.69 bits per heavy atom. The average molecular weight is 477 g/mol. The highest BCUT2D eigenvalue weighted by atomic mass is 16.4. The highest BCUT2D eigenvalue weighted by Gasteiger charge is 2.20. The molecule has 0 aliphatic heterocycles. The lowest BCUT2D eigenvalue weighted by molar-refractivity contribution is -0.120. The van der Waals surface area contributed by atoms with Gasteiger partial charge in [0, 0.05) is 17.8 Å². The lowest BCUT2D eigenvalue weighted by Crippen LogP contribution is -2.31. The van der Waals surface area contributed by atoms with Crippen molar-refractivity contribution in [3.8, 4) is 0 Å². The zero-order chi connectivity index (χ0) is 25.1. The van der Waals surface area contributed by atoms with Gasteiger partial charge < -0.3 is 14.8 Å². The molecule has 0 saturated heterocycles. The number of fused-ring (bicyclic) bond motifs is 1. The number of aliphatic hydroxyl groups is 1. The van der Waals surface area contributed by atoms with Gasteiger partial charge in [0.05, 0.1) is 12.5 Å². The molecule has 2 heterocycles. The number of aromatic nitrogens is 1. The molecule has 2 N–H and O–H groups in total. The molecule has 0 aliphatic carbocycles. The number of amides is 1. The minimum Gasteiger partial charge on any atom is -0.458 e. The zero-order valence-electron chi connectivity index (χ0n) is 20.3. The smallest absolute Gasteiger partial charge is 0.225 e. The van der Waals surface area contributed by atoms with Gasteiger partial charge >= 0.3 is 0 Å². The van der Waals surface area contributed by atoms with E-state index in [0.717, 1.165) is 27.6 Å². The van der Waals surface area contributed by atoms with Gasteiger partial charge in [0.25, 0.3) is 0 Å². The molecule has 5 aromatic rings. The number of nitrogens with one attached hydrogen (secondary N) is 1. The third-order valence-electron chi connectivity index (χ3n) is 6.43. The number of carbonyl (C=O) groups excluding carboxylic acids is 1. The standard InChI is InChI=1S/C31H28N2O3/c1-20-8-10-26(21(2)16-20)30(23-6-4-3-5-7-23)33-29(34)18-22-9-11-27-25(17-22)19-28(36-27)31(35)24-12-14-32-15-13-24/h3-17,19,30-31,35H,18H2,1-2H3,(H,33,34). The number of benzene rings is 3. The summed E-state index contributed by atoms with van der Waals surface area (Å²) in [7, 11) is 0. The number of aliphatic hydroxyl groups excluding tert-OH is 1. The third kappa shape index (κ3) is 5.07. The number of hydrogen-bond donors (Lipinski definition) is 2. The van der Waals surface area contributed by atoms with Gasteiger partial charge in [-0.1, -0.05) is 60.2 Å². The minimum atomic E-state index is -0.878. The third-order valence-corrected chi connectivity index (χ3v) is 6.43. The number of aryl methyl sites for hydroxylation is 2. The van der Waals surface area contributed by atoms with Crippen LogP contribution in [-0.2, 0) is 11.2 Å². The van der Waals surface area contributed by atoms with Gasteiger partial charge in [0.2, 0.25) is 5.91 Å². The first-order chi connectivity index (χ1) is 17.5. The molecule has 0 saturated carbocycles. The Bertz CT molecular complexity index is 1490. The molecule has 0 fully saturated rings. The highest BCUT2D eigenvalue weighted by Crippen LogP contribution is 2.29. The number of carbonyl (C=O) groups is 1. The second-order valence-electron chi connectivity index (χ2n) is 9.15. The Balaban J connectivity index is 1.36. The molecule has 5 heteroatoms. The number of pyridine rings is 1. The molecule has 2 unspecified atom stereocenters. The fourth-order valence-corrected chi connectivity index (χ4v) is 4.60. The van der Waals surface area contributed by atoms with Crippen molar-refractivity contribution in [1.29, 1.82) is 0 Å². The van der Waals surface area contributed by atoms with Gasteiger partial charge in [-0.2, -0.15) is 0 Å². The first-order valence-corrected chi connectivity index (χ1v) is 12.0. The number of nitrogens with zero attached hydrogens (tertiary/aromatic N) is 1. The summed E-state index contributed by atoms with van der Waals surface area (Å²) < 4.78 is 5.88. The summed E-state index contributed by atoms with van der Waals surface area (Å²) in [6.45, 7) is 4.15. The SMILES string of the molecule is Cc1ccc(C(NC(=O)Cc2ccc3oc(C(O)c4ccncc4)cc3c2)c2ccccc2)c(C)c1. The average Bonchev–Trinajstić information content (AvgIpc) is 3.32. The zero-order valence-corrected chi connectivity index (χ0v) is 20.3. The molecule has 5 nitrogen and oxygen atoms in total. The molecule has 5 rings (SSSR count). The summed E-state index contributed by atoms with van der Waals surface area (Å²) in [4.78, 5) is 17.2. The summed E-state index contributed by atoms with van der Waals surface area (Å²) in [5.74, 6) is 0.389. The number of hydrogen-bond acceptors (Lipinski definition) is 4. The summed E-state index contributed by atoms with van der Waals surface area (Å²) in [6, 6.07) is 27.1. The van der Waals surface area contributed by atoms with Crippen LogP contribution in [0.2, 0.25) is 0 Å². The van der Waals surface area contributed by atoms with Gasteiger partial charge in [0.15, 0.2) is 0 Å². The lowest BCUT2D eigenvalue weighted by Gasteiger charge is -2.22. The van der Waals surface area contributed by atoms with Crippen LogP contribution >= 0.6 is 0 Å². The second kappa shape index (κ2) is 10.2. The summed E-state index contributed by atoms with van der Waals surface area (Å²) in [6.07, 6.45) is 2.63. The van der Waals surface area contributed by atoms with Crippen molar-refractivity contribution in [3.05, 3.63) is 136 Å². The molecular weight excluding hydrogens is 448 g/mol. The first-order valence-electron chi connectivity index (χ1n) is 12.0. The normalized spacial score (nSPS) is 12.9. The van der Waals surface area contributed by atoms with Crippen LogP contribution in [-0.4, -0.2) is 16.0 Å². The fraction of sp³-hybridized carbons (Fsp3) is 0.161. The fourth-order valence-electron chi connectivity index (χ4n) is 4.60. The van der Waals surface area contributed by atoms with Crippen LogP contribution < -0.4 is 5.32 Å². The largest absolute Gasteiger partial charge is 0.458 e. The lowest BCUT2D eigenvalue weighted by atomic mass is 9.93. The predicted octanol–water partition coefficient (Wildman–Crippen LogP) is 5.97. The van der Waals surface area contributed by atoms with Crippen LogP contribution in [0.4, 0.5) is 0 Å². The second-order valence-corrected chi connectivity index (χ2v) is 9.15. The van der Waals surface area contributed by atoms with E-state index in [4.69, 9.17) is 4.42 Å². The van der Waals surface area contributed by atoms with Crippen LogP contribution in [0.15, 0.2) is 102 Å². The molecule has 0 bridgehead atoms. The maximum absolute atomic E-state index is 13.2. The van der Waals surface area contributed by atoms with Crippen molar-refractivity contribution in [3.63, 3.8) is 0 Å². The van der Waals surface area contributed by atoms with Crippen molar-refractivity contribution in [2.75, 3.05) is 0 Å². The molecule has 0 radical (unpaired) electrons. The van der Waals surface area contributed by atoms with Crippen LogP contribution in [0, 0.1) is 13.8 Å². The van der Waals surface area contributed by atoms with Crippen molar-refractivity contribution in [2.24, 2.45) is 0 Å². The molecule has 0 spiro atoms. The Labute approximate surface area is 210 Å². The van der Waals surface area contributed by atoms with Crippen LogP contribution in [0.25, 0.3) is 11.0 Å². The van der Waals surface area contributed by atoms with E-state index in [1.165, 1.54) is 5.56 Å². The van der Waals surface area contributed by atoms with E-state index >= 15 is 0 Å². The summed E-state index contributed by atoms with van der Waals surface area (Å²) >= 11 is 0. The number of rotatable bonds is 7. The monoisotopic (exact) mass is 476 g/mol. The van der Waals surface area contributed by atoms with Crippen LogP contribution in [0.5, 0.6) is 0 Å². The van der Waals surface area contributed by atoms with E-state index in [9.17, 15) is 9.90 Å². The van der Waals surface area contributed by atoms with Gasteiger partial charge in [-0.3, -0.25) is 9.78 Å². The van der Waals surface area contributed by atoms with Gasteiger partial charge in [-0.15, -0.1) is 0 Å². The first kappa shape index (κ1) is 23.5. The van der Waals surface area contributed by atoms with Crippen LogP contribution in [0.3, 0.4) is 0 Å². The van der Waals surface area contributed by atoms with E-state index in [0.29, 0.717) is 16.9 Å². The maximum atomic E-state index is 13.2. The summed E-state index contributed by atoms with van der Waals surface area (Å²) in [5, 5.41) is 14.8. The van der Waals surface area contributed by atoms with E-state index in [2.05, 4.69) is 42.3 Å². The summed E-state index contributed by atoms with van der Waals surface area (Å²) in [5.41, 5.74) is 6.71. The van der Waals surface area contributed by atoms with E-state index < -0.39 is 6.10 Å². The molecule has 2 aromatic heterocycles. The van der Waals surface area contributed by atoms with E-state index in [-0.39, 0.29) is 18.4 Å². The molecule has 36 heavy (non-hydrogen) atoms. The molecule has 2 atom stereocenters. The molecule has 0 aliphatic rings. The van der Waals surface area contributed by atoms with Gasteiger partial charge in [0.1, 0.15) is 17.4 Å². The minimum absolute atomic E-state index is 0.0660. The van der Waals surface area contributed by atoms with Crippen molar-refractivity contribution < 1.29 is 14.3 Å². The van der Waals surface area contributed by atoms with Crippen LogP contribution in [0.1, 0.15) is 51.3 Å². The quantitative estimate of drug-likeness (QED) is 0.303. The van der Waals surface area contributed by atoms with Gasteiger partial charge in [-0.05, 0) is 72.0 Å². The Hall–Kier alpha value is -4.22. The van der Waals surface area contributed by atoms with Gasteiger partial charge in [-0.25, -0.2) is 0 Å². The number of furan rings is 1. The molecular formula is C31H28N2O3. The highest BCUT2D eigenvalue weighted by molar-refractivity contribution is 5.83. The topological polar surface area (TPSA) is 75.4 Å². The molecule has 3 aromatic carbocycles. The van der Waals surface area contributed by atoms with E-state index in [1.807, 2.05) is 54.6 Å². The Morgan fingerprint density at radius 3 is 2.44 bits per heavy atom. The van der Waals surface area contributed by atoms with E-state index in [1.54, 1.807) is 24.5 Å². The molecule has 1 amide bonds. The predicted molar refractivity (Wildman–Crippen MR) is 141 cm³/mol. The van der Waals surface area contributed by atoms with Crippen molar-refractivity contribution in [1.82, 2.24) is 10.3 Å². The Morgan fingerprint density at radius 1 is 0.917 bits per heavy atom. The van der Waals surface area contributed by atoms with Crippen molar-refractivity contribution >= 4 is 16.9 Å². The maximum Gasteiger partial charge on any atom is 0.225 e. The van der Waals surface area contributed by atoms with Crippen molar-refractivity contribution in [2.45, 2.75) is 32.4 Å².